The second-order valence-corrected chi connectivity index (χ2v) is 9.16. The van der Waals surface area contributed by atoms with Crippen molar-refractivity contribution in [3.8, 4) is 6.07 Å². The van der Waals surface area contributed by atoms with Crippen molar-refractivity contribution in [1.82, 2.24) is 9.88 Å². The number of morpholine rings is 1. The van der Waals surface area contributed by atoms with Crippen LogP contribution in [0.4, 0.5) is 5.88 Å². The first-order valence-corrected chi connectivity index (χ1v) is 12.3. The number of hydrogen-bond donors (Lipinski definition) is 1. The average Bonchev–Trinajstić information content (AvgIpc) is 3.28. The third-order valence-corrected chi connectivity index (χ3v) is 7.04. The van der Waals surface area contributed by atoms with Gasteiger partial charge in [0.1, 0.15) is 6.07 Å². The molecule has 1 aromatic carbocycles. The van der Waals surface area contributed by atoms with Gasteiger partial charge in [-0.25, -0.2) is 4.98 Å². The van der Waals surface area contributed by atoms with Crippen molar-refractivity contribution in [3.05, 3.63) is 47.5 Å². The molecular formula is C26H36N4O2. The van der Waals surface area contributed by atoms with Gasteiger partial charge in [-0.05, 0) is 37.2 Å². The highest BCUT2D eigenvalue weighted by Gasteiger charge is 2.28. The van der Waals surface area contributed by atoms with E-state index >= 15 is 0 Å². The maximum absolute atomic E-state index is 9.66. The quantitative estimate of drug-likeness (QED) is 0.560. The lowest BCUT2D eigenvalue weighted by Gasteiger charge is -2.34. The molecule has 0 bridgehead atoms. The van der Waals surface area contributed by atoms with E-state index in [0.29, 0.717) is 24.0 Å². The van der Waals surface area contributed by atoms with Crippen LogP contribution in [-0.4, -0.2) is 42.7 Å². The summed E-state index contributed by atoms with van der Waals surface area (Å²) < 4.78 is 11.7. The molecule has 1 aliphatic heterocycles. The highest BCUT2D eigenvalue weighted by Crippen LogP contribution is 2.38. The van der Waals surface area contributed by atoms with E-state index in [0.717, 1.165) is 51.0 Å². The number of nitrogens with zero attached hydrogens (tertiary/aromatic N) is 3. The fourth-order valence-electron chi connectivity index (χ4n) is 5.11. The number of anilines is 1. The maximum Gasteiger partial charge on any atom is 0.232 e. The van der Waals surface area contributed by atoms with E-state index in [9.17, 15) is 5.26 Å². The molecule has 0 amide bonds. The summed E-state index contributed by atoms with van der Waals surface area (Å²) in [4.78, 5) is 7.02. The first-order chi connectivity index (χ1) is 15.8. The molecule has 1 saturated heterocycles. The van der Waals surface area contributed by atoms with Gasteiger partial charge in [0.2, 0.25) is 17.5 Å². The molecule has 2 fully saturated rings. The number of hydrogen-bond acceptors (Lipinski definition) is 6. The second kappa shape index (κ2) is 11.5. The third kappa shape index (κ3) is 5.70. The molecule has 2 aliphatic rings. The summed E-state index contributed by atoms with van der Waals surface area (Å²) in [6, 6.07) is 12.9. The van der Waals surface area contributed by atoms with Gasteiger partial charge in [0.25, 0.3) is 0 Å². The van der Waals surface area contributed by atoms with E-state index in [4.69, 9.17) is 9.15 Å². The zero-order valence-corrected chi connectivity index (χ0v) is 19.3. The van der Waals surface area contributed by atoms with Crippen LogP contribution in [0.2, 0.25) is 0 Å². The Morgan fingerprint density at radius 2 is 1.91 bits per heavy atom. The van der Waals surface area contributed by atoms with Gasteiger partial charge in [0.05, 0.1) is 19.3 Å². The van der Waals surface area contributed by atoms with Gasteiger partial charge in [-0.1, -0.05) is 56.5 Å². The van der Waals surface area contributed by atoms with E-state index in [-0.39, 0.29) is 6.04 Å². The molecular weight excluding hydrogens is 400 g/mol. The summed E-state index contributed by atoms with van der Waals surface area (Å²) in [5, 5.41) is 13.1. The van der Waals surface area contributed by atoms with Crippen LogP contribution in [0.15, 0.2) is 34.7 Å². The Morgan fingerprint density at radius 1 is 1.16 bits per heavy atom. The monoisotopic (exact) mass is 436 g/mol. The van der Waals surface area contributed by atoms with E-state index in [1.54, 1.807) is 0 Å². The van der Waals surface area contributed by atoms with E-state index in [1.165, 1.54) is 37.7 Å². The minimum atomic E-state index is 0.189. The summed E-state index contributed by atoms with van der Waals surface area (Å²) >= 11 is 0. The average molecular weight is 437 g/mol. The number of unbranched alkanes of at least 4 members (excludes halogenated alkanes) is 1. The standard InChI is InChI=1S/C26H36N4O2/c1-2-3-7-20-10-12-22(13-11-20)25-29-23(18-27)26(32-25)28-19-24(21-8-5-4-6-9-21)30-14-16-31-17-15-30/h4-6,8-9,20,22,24,28H,2-3,7,10-17,19H2,1H3/t20?,22?,24-/m0/s1. The number of oxazole rings is 1. The topological polar surface area (TPSA) is 74.3 Å². The summed E-state index contributed by atoms with van der Waals surface area (Å²) in [6.45, 7) is 6.22. The normalized spacial score (nSPS) is 22.9. The van der Waals surface area contributed by atoms with Crippen molar-refractivity contribution in [2.75, 3.05) is 38.2 Å². The van der Waals surface area contributed by atoms with Crippen LogP contribution < -0.4 is 5.32 Å². The molecule has 1 saturated carbocycles. The summed E-state index contributed by atoms with van der Waals surface area (Å²) in [6.07, 6.45) is 8.64. The van der Waals surface area contributed by atoms with Crippen molar-refractivity contribution in [3.63, 3.8) is 0 Å². The molecule has 32 heavy (non-hydrogen) atoms. The Morgan fingerprint density at radius 3 is 2.59 bits per heavy atom. The SMILES string of the molecule is CCCCC1CCC(c2nc(C#N)c(NC[C@@H](c3ccccc3)N3CCOCC3)o2)CC1. The second-order valence-electron chi connectivity index (χ2n) is 9.16. The molecule has 2 aromatic rings. The third-order valence-electron chi connectivity index (χ3n) is 7.04. The van der Waals surface area contributed by atoms with E-state index in [1.807, 2.05) is 6.07 Å². The molecule has 1 N–H and O–H groups in total. The van der Waals surface area contributed by atoms with Gasteiger partial charge < -0.3 is 14.5 Å². The summed E-state index contributed by atoms with van der Waals surface area (Å²) in [5.74, 6) is 2.43. The Bertz CT molecular complexity index is 862. The number of nitrogens with one attached hydrogen (secondary N) is 1. The zero-order chi connectivity index (χ0) is 22.2. The molecule has 4 rings (SSSR count). The summed E-state index contributed by atoms with van der Waals surface area (Å²) in [5.41, 5.74) is 1.63. The molecule has 0 radical (unpaired) electrons. The van der Waals surface area contributed by atoms with Gasteiger partial charge in [-0.15, -0.1) is 0 Å². The van der Waals surface area contributed by atoms with E-state index in [2.05, 4.69) is 52.5 Å². The molecule has 172 valence electrons. The van der Waals surface area contributed by atoms with Gasteiger partial charge in [0.15, 0.2) is 0 Å². The molecule has 1 aliphatic carbocycles. The predicted octanol–water partition coefficient (Wildman–Crippen LogP) is 5.50. The van der Waals surface area contributed by atoms with Gasteiger partial charge in [0, 0.05) is 25.6 Å². The molecule has 2 heterocycles. The number of rotatable bonds is 9. The Kier molecular flexibility index (Phi) is 8.19. The minimum Gasteiger partial charge on any atom is -0.424 e. The van der Waals surface area contributed by atoms with Gasteiger partial charge >= 0.3 is 0 Å². The smallest absolute Gasteiger partial charge is 0.232 e. The number of aromatic nitrogens is 1. The Hall–Kier alpha value is -2.36. The lowest BCUT2D eigenvalue weighted by atomic mass is 9.80. The highest BCUT2D eigenvalue weighted by atomic mass is 16.5. The number of benzene rings is 1. The van der Waals surface area contributed by atoms with Gasteiger partial charge in [-0.3, -0.25) is 4.90 Å². The predicted molar refractivity (Wildman–Crippen MR) is 126 cm³/mol. The van der Waals surface area contributed by atoms with Crippen molar-refractivity contribution >= 4 is 5.88 Å². The Labute approximate surface area is 192 Å². The van der Waals surface area contributed by atoms with Crippen molar-refractivity contribution in [2.24, 2.45) is 5.92 Å². The molecule has 6 nitrogen and oxygen atoms in total. The zero-order valence-electron chi connectivity index (χ0n) is 19.3. The van der Waals surface area contributed by atoms with E-state index < -0.39 is 0 Å². The van der Waals surface area contributed by atoms with Crippen molar-refractivity contribution < 1.29 is 9.15 Å². The van der Waals surface area contributed by atoms with Crippen LogP contribution in [-0.2, 0) is 4.74 Å². The fourth-order valence-corrected chi connectivity index (χ4v) is 5.11. The molecule has 1 atom stereocenters. The van der Waals surface area contributed by atoms with Crippen LogP contribution in [0, 0.1) is 17.2 Å². The molecule has 6 heteroatoms. The Balaban J connectivity index is 1.42. The first-order valence-electron chi connectivity index (χ1n) is 12.3. The van der Waals surface area contributed by atoms with Crippen LogP contribution in [0.5, 0.6) is 0 Å². The summed E-state index contributed by atoms with van der Waals surface area (Å²) in [7, 11) is 0. The maximum atomic E-state index is 9.66. The van der Waals surface area contributed by atoms with Crippen LogP contribution in [0.25, 0.3) is 0 Å². The number of nitriles is 1. The highest BCUT2D eigenvalue weighted by molar-refractivity contribution is 5.46. The van der Waals surface area contributed by atoms with Crippen molar-refractivity contribution in [2.45, 2.75) is 63.8 Å². The molecule has 1 aromatic heterocycles. The fraction of sp³-hybridized carbons (Fsp3) is 0.615. The minimum absolute atomic E-state index is 0.189. The van der Waals surface area contributed by atoms with Crippen LogP contribution in [0.1, 0.15) is 81.0 Å². The van der Waals surface area contributed by atoms with Crippen LogP contribution in [0.3, 0.4) is 0 Å². The number of ether oxygens (including phenoxy) is 1. The molecule has 0 spiro atoms. The lowest BCUT2D eigenvalue weighted by Crippen LogP contribution is -2.41. The molecule has 0 unspecified atom stereocenters. The van der Waals surface area contributed by atoms with Crippen LogP contribution >= 0.6 is 0 Å². The first kappa shape index (κ1) is 22.8. The lowest BCUT2D eigenvalue weighted by molar-refractivity contribution is 0.0186. The van der Waals surface area contributed by atoms with Crippen molar-refractivity contribution in [1.29, 1.82) is 5.26 Å². The van der Waals surface area contributed by atoms with Gasteiger partial charge in [-0.2, -0.15) is 5.26 Å². The largest absolute Gasteiger partial charge is 0.424 e.